The first-order valence-corrected chi connectivity index (χ1v) is 11.6. The maximum atomic E-state index is 6.00. The fraction of sp³-hybridized carbons (Fsp3) is 0.684. The Hall–Kier alpha value is -0.890. The molecule has 0 unspecified atom stereocenters. The summed E-state index contributed by atoms with van der Waals surface area (Å²) in [7, 11) is 0. The average molecular weight is 396 g/mol. The number of nitrogens with one attached hydrogen (secondary N) is 2. The summed E-state index contributed by atoms with van der Waals surface area (Å²) in [6, 6.07) is 0. The molecule has 0 aromatic carbocycles. The Morgan fingerprint density at radius 1 is 1.27 bits per heavy atom. The van der Waals surface area contributed by atoms with Gasteiger partial charge in [-0.1, -0.05) is 11.8 Å². The lowest BCUT2D eigenvalue weighted by Gasteiger charge is -2.30. The first kappa shape index (κ1) is 19.9. The molecule has 0 fully saturated rings. The predicted octanol–water partition coefficient (Wildman–Crippen LogP) is 2.99. The van der Waals surface area contributed by atoms with E-state index < -0.39 is 0 Å². The molecule has 0 saturated carbocycles. The summed E-state index contributed by atoms with van der Waals surface area (Å²) in [5.74, 6) is 1.00. The van der Waals surface area contributed by atoms with Crippen molar-refractivity contribution in [3.63, 3.8) is 0 Å². The molecule has 144 valence electrons. The number of thioether (sulfide) groups is 1. The van der Waals surface area contributed by atoms with Gasteiger partial charge in [0.1, 0.15) is 10.6 Å². The molecule has 26 heavy (non-hydrogen) atoms. The Labute approximate surface area is 164 Å². The van der Waals surface area contributed by atoms with E-state index in [4.69, 9.17) is 14.7 Å². The Bertz CT molecular complexity index is 756. The van der Waals surface area contributed by atoms with Crippen LogP contribution in [0.25, 0.3) is 10.2 Å². The number of aromatic nitrogens is 2. The Morgan fingerprint density at radius 3 is 2.73 bits per heavy atom. The van der Waals surface area contributed by atoms with E-state index in [-0.39, 0.29) is 5.60 Å². The van der Waals surface area contributed by atoms with Gasteiger partial charge >= 0.3 is 0 Å². The molecule has 0 spiro atoms. The van der Waals surface area contributed by atoms with E-state index in [0.29, 0.717) is 6.61 Å². The minimum Gasteiger partial charge on any atom is -0.370 e. The van der Waals surface area contributed by atoms with Crippen LogP contribution in [-0.2, 0) is 17.8 Å². The predicted molar refractivity (Wildman–Crippen MR) is 112 cm³/mol. The lowest BCUT2D eigenvalue weighted by Crippen LogP contribution is -3.11. The molecule has 2 aromatic rings. The molecule has 0 bridgehead atoms. The van der Waals surface area contributed by atoms with E-state index in [1.807, 2.05) is 6.26 Å². The molecule has 3 heterocycles. The lowest BCUT2D eigenvalue weighted by molar-refractivity contribution is -0.896. The van der Waals surface area contributed by atoms with Crippen LogP contribution in [0.4, 0.5) is 5.82 Å². The molecular weight excluding hydrogens is 364 g/mol. The number of rotatable bonds is 8. The van der Waals surface area contributed by atoms with Crippen molar-refractivity contribution in [3.8, 4) is 0 Å². The van der Waals surface area contributed by atoms with Gasteiger partial charge in [0.25, 0.3) is 0 Å². The van der Waals surface area contributed by atoms with Crippen LogP contribution in [0, 0.1) is 0 Å². The molecule has 0 atom stereocenters. The van der Waals surface area contributed by atoms with E-state index in [0.717, 1.165) is 35.2 Å². The first-order chi connectivity index (χ1) is 12.5. The molecule has 0 radical (unpaired) electrons. The molecule has 0 saturated heterocycles. The first-order valence-electron chi connectivity index (χ1n) is 9.55. The van der Waals surface area contributed by atoms with Gasteiger partial charge in [-0.05, 0) is 39.5 Å². The highest BCUT2D eigenvalue weighted by Gasteiger charge is 2.31. The molecule has 1 aliphatic heterocycles. The van der Waals surface area contributed by atoms with E-state index in [1.54, 1.807) is 28.0 Å². The van der Waals surface area contributed by atoms with Crippen molar-refractivity contribution in [2.75, 3.05) is 37.8 Å². The van der Waals surface area contributed by atoms with Gasteiger partial charge in [0.2, 0.25) is 0 Å². The van der Waals surface area contributed by atoms with Gasteiger partial charge < -0.3 is 15.0 Å². The summed E-state index contributed by atoms with van der Waals surface area (Å²) in [4.78, 5) is 13.6. The zero-order chi connectivity index (χ0) is 18.7. The minimum atomic E-state index is -0.122. The van der Waals surface area contributed by atoms with Crippen molar-refractivity contribution in [3.05, 3.63) is 10.4 Å². The van der Waals surface area contributed by atoms with Crippen LogP contribution < -0.4 is 10.2 Å². The van der Waals surface area contributed by atoms with E-state index in [1.165, 1.54) is 35.5 Å². The number of hydrogen-bond acceptors (Lipinski definition) is 6. The molecule has 5 nitrogen and oxygen atoms in total. The second-order valence-electron chi connectivity index (χ2n) is 7.46. The maximum Gasteiger partial charge on any atom is 0.190 e. The Kier molecular flexibility index (Phi) is 6.43. The summed E-state index contributed by atoms with van der Waals surface area (Å²) in [5.41, 5.74) is 1.26. The molecule has 2 N–H and O–H groups in total. The number of anilines is 1. The number of quaternary nitrogens is 1. The largest absolute Gasteiger partial charge is 0.370 e. The van der Waals surface area contributed by atoms with E-state index in [2.05, 4.69) is 33.0 Å². The van der Waals surface area contributed by atoms with Crippen LogP contribution in [0.2, 0.25) is 0 Å². The van der Waals surface area contributed by atoms with Crippen molar-refractivity contribution in [2.45, 2.75) is 57.9 Å². The van der Waals surface area contributed by atoms with E-state index in [9.17, 15) is 0 Å². The Morgan fingerprint density at radius 2 is 2.04 bits per heavy atom. The van der Waals surface area contributed by atoms with Gasteiger partial charge in [0.15, 0.2) is 5.16 Å². The van der Waals surface area contributed by atoms with Crippen molar-refractivity contribution >= 4 is 39.1 Å². The van der Waals surface area contributed by atoms with Crippen molar-refractivity contribution in [1.29, 1.82) is 0 Å². The highest BCUT2D eigenvalue weighted by atomic mass is 32.2. The van der Waals surface area contributed by atoms with E-state index >= 15 is 0 Å². The quantitative estimate of drug-likeness (QED) is 0.409. The Balaban J connectivity index is 1.85. The number of thiophene rings is 1. The summed E-state index contributed by atoms with van der Waals surface area (Å²) in [5, 5.41) is 5.68. The molecule has 0 amide bonds. The third kappa shape index (κ3) is 4.32. The number of ether oxygens (including phenoxy) is 1. The summed E-state index contributed by atoms with van der Waals surface area (Å²) >= 11 is 3.37. The summed E-state index contributed by atoms with van der Waals surface area (Å²) < 4.78 is 6.00. The van der Waals surface area contributed by atoms with Crippen LogP contribution >= 0.6 is 23.1 Å². The number of hydrogen-bond donors (Lipinski definition) is 2. The van der Waals surface area contributed by atoms with Crippen LogP contribution in [0.3, 0.4) is 0 Å². The monoisotopic (exact) mass is 395 g/mol. The highest BCUT2D eigenvalue weighted by Crippen LogP contribution is 2.41. The average Bonchev–Trinajstić information content (AvgIpc) is 2.98. The van der Waals surface area contributed by atoms with Gasteiger partial charge in [0.05, 0.1) is 37.2 Å². The molecule has 2 aromatic heterocycles. The van der Waals surface area contributed by atoms with Crippen molar-refractivity contribution in [1.82, 2.24) is 9.97 Å². The van der Waals surface area contributed by atoms with Gasteiger partial charge in [0, 0.05) is 24.3 Å². The molecule has 0 aliphatic carbocycles. The molecular formula is C19H31N4OS2+. The molecule has 3 rings (SSSR count). The minimum absolute atomic E-state index is 0.122. The third-order valence-electron chi connectivity index (χ3n) is 5.09. The lowest BCUT2D eigenvalue weighted by atomic mass is 9.94. The second-order valence-corrected chi connectivity index (χ2v) is 9.31. The zero-order valence-corrected chi connectivity index (χ0v) is 18.2. The van der Waals surface area contributed by atoms with Crippen LogP contribution in [0.1, 0.15) is 44.6 Å². The SMILES string of the molecule is CC[NH+](CC)CCCNc1nc(SC)nc2sc3c(c12)CC(C)(C)OC3. The van der Waals surface area contributed by atoms with Gasteiger partial charge in [-0.3, -0.25) is 0 Å². The van der Waals surface area contributed by atoms with Crippen molar-refractivity contribution < 1.29 is 9.64 Å². The maximum absolute atomic E-state index is 6.00. The zero-order valence-electron chi connectivity index (χ0n) is 16.6. The van der Waals surface area contributed by atoms with Gasteiger partial charge in [-0.2, -0.15) is 0 Å². The fourth-order valence-corrected chi connectivity index (χ4v) is 5.02. The fourth-order valence-electron chi connectivity index (χ4n) is 3.49. The molecule has 7 heteroatoms. The van der Waals surface area contributed by atoms with Gasteiger partial charge in [-0.25, -0.2) is 9.97 Å². The van der Waals surface area contributed by atoms with Crippen LogP contribution in [-0.4, -0.2) is 48.0 Å². The summed E-state index contributed by atoms with van der Waals surface area (Å²) in [6.45, 7) is 14.1. The second kappa shape index (κ2) is 8.42. The topological polar surface area (TPSA) is 51.5 Å². The standard InChI is InChI=1S/C19H30N4OS2/c1-6-23(7-2)10-8-9-20-16-15-13-11-19(3,4)24-12-14(13)26-17(15)22-18(21-16)25-5/h6-12H2,1-5H3,(H,20,21,22)/p+1. The summed E-state index contributed by atoms with van der Waals surface area (Å²) in [6.07, 6.45) is 4.11. The third-order valence-corrected chi connectivity index (χ3v) is 6.74. The normalized spacial score (nSPS) is 16.2. The smallest absolute Gasteiger partial charge is 0.190 e. The highest BCUT2D eigenvalue weighted by molar-refractivity contribution is 7.98. The van der Waals surface area contributed by atoms with Gasteiger partial charge in [-0.15, -0.1) is 11.3 Å². The van der Waals surface area contributed by atoms with Crippen molar-refractivity contribution in [2.24, 2.45) is 0 Å². The molecule has 1 aliphatic rings. The van der Waals surface area contributed by atoms with Crippen LogP contribution in [0.15, 0.2) is 5.16 Å². The van der Waals surface area contributed by atoms with Crippen LogP contribution in [0.5, 0.6) is 0 Å². The number of nitrogens with zero attached hydrogens (tertiary/aromatic N) is 2. The number of fused-ring (bicyclic) bond motifs is 3.